The third kappa shape index (κ3) is 7.47. The number of halogens is 1. The molecule has 1 aromatic heterocycles. The molecule has 0 fully saturated rings. The lowest BCUT2D eigenvalue weighted by molar-refractivity contribution is -0.155. The summed E-state index contributed by atoms with van der Waals surface area (Å²) < 4.78 is 0. The van der Waals surface area contributed by atoms with Gasteiger partial charge in [0, 0.05) is 35.2 Å². The van der Waals surface area contributed by atoms with Crippen LogP contribution >= 0.6 is 22.9 Å². The van der Waals surface area contributed by atoms with E-state index in [1.165, 1.54) is 16.2 Å². The van der Waals surface area contributed by atoms with Crippen LogP contribution < -0.4 is 21.7 Å². The van der Waals surface area contributed by atoms with Crippen LogP contribution in [0.15, 0.2) is 60.1 Å². The topological polar surface area (TPSA) is 153 Å². The minimum atomic E-state index is -1.97. The average Bonchev–Trinajstić information content (AvgIpc) is 3.42. The highest BCUT2D eigenvalue weighted by molar-refractivity contribution is 7.13. The van der Waals surface area contributed by atoms with Gasteiger partial charge in [-0.05, 0) is 74.3 Å². The van der Waals surface area contributed by atoms with E-state index < -0.39 is 36.1 Å². The number of aliphatic hydroxyl groups is 2. The molecule has 1 aliphatic rings. The van der Waals surface area contributed by atoms with E-state index in [1.807, 2.05) is 55.6 Å². The third-order valence-corrected chi connectivity index (χ3v) is 7.95. The maximum absolute atomic E-state index is 13.6. The largest absolute Gasteiger partial charge is 0.380 e. The summed E-state index contributed by atoms with van der Waals surface area (Å²) in [5.74, 6) is -1.61. The van der Waals surface area contributed by atoms with Gasteiger partial charge < -0.3 is 36.8 Å². The number of aromatic nitrogens is 1. The molecule has 0 saturated carbocycles. The van der Waals surface area contributed by atoms with Crippen molar-refractivity contribution in [2.45, 2.75) is 57.5 Å². The van der Waals surface area contributed by atoms with Crippen molar-refractivity contribution in [1.82, 2.24) is 15.2 Å². The number of carbonyl (C=O) groups excluding carboxylic acids is 2. The molecule has 0 radical (unpaired) electrons. The van der Waals surface area contributed by atoms with E-state index in [0.717, 1.165) is 22.4 Å². The molecule has 4 atom stereocenters. The summed E-state index contributed by atoms with van der Waals surface area (Å²) in [4.78, 5) is 32.8. The predicted molar refractivity (Wildman–Crippen MR) is 166 cm³/mol. The van der Waals surface area contributed by atoms with Gasteiger partial charge in [0.15, 0.2) is 17.3 Å². The summed E-state index contributed by atoms with van der Waals surface area (Å²) in [5.41, 5.74) is 9.49. The Morgan fingerprint density at radius 3 is 2.60 bits per heavy atom. The van der Waals surface area contributed by atoms with Gasteiger partial charge in [0.2, 0.25) is 0 Å². The first-order valence-electron chi connectivity index (χ1n) is 13.8. The smallest absolute Gasteiger partial charge is 0.255 e. The summed E-state index contributed by atoms with van der Waals surface area (Å²) in [6, 6.07) is 11.9. The maximum atomic E-state index is 13.6. The lowest BCUT2D eigenvalue weighted by Crippen LogP contribution is -2.53. The Morgan fingerprint density at radius 2 is 1.90 bits per heavy atom. The molecule has 0 spiro atoms. The van der Waals surface area contributed by atoms with Crippen LogP contribution in [0, 0.1) is 0 Å². The second-order valence-electron chi connectivity index (χ2n) is 10.4. The van der Waals surface area contributed by atoms with E-state index in [2.05, 4.69) is 16.0 Å². The quantitative estimate of drug-likeness (QED) is 0.192. The fourth-order valence-electron chi connectivity index (χ4n) is 4.80. The fraction of sp³-hybridized carbons (Fsp3) is 0.367. The minimum Gasteiger partial charge on any atom is -0.380 e. The number of rotatable bonds is 11. The molecule has 4 rings (SSSR count). The molecule has 12 heteroatoms. The molecule has 10 nitrogen and oxygen atoms in total. The first kappa shape index (κ1) is 31.5. The van der Waals surface area contributed by atoms with Gasteiger partial charge in [-0.2, -0.15) is 0 Å². The summed E-state index contributed by atoms with van der Waals surface area (Å²) in [6.45, 7) is 6.44. The average molecular weight is 613 g/mol. The number of aliphatic hydroxyl groups excluding tert-OH is 2. The van der Waals surface area contributed by atoms with Crippen molar-refractivity contribution in [2.75, 3.05) is 23.7 Å². The van der Waals surface area contributed by atoms with Crippen molar-refractivity contribution in [1.29, 1.82) is 0 Å². The van der Waals surface area contributed by atoms with E-state index in [0.29, 0.717) is 28.8 Å². The Labute approximate surface area is 254 Å². The normalized spacial score (nSPS) is 17.0. The number of benzene rings is 2. The lowest BCUT2D eigenvalue weighted by Gasteiger charge is -2.38. The van der Waals surface area contributed by atoms with E-state index in [1.54, 1.807) is 25.3 Å². The fourth-order valence-corrected chi connectivity index (χ4v) is 5.87. The monoisotopic (exact) mass is 612 g/mol. The number of thiazole rings is 1. The van der Waals surface area contributed by atoms with Crippen LogP contribution in [0.3, 0.4) is 0 Å². The van der Waals surface area contributed by atoms with Crippen LogP contribution in [0.25, 0.3) is 0 Å². The molecule has 2 heterocycles. The zero-order valence-corrected chi connectivity index (χ0v) is 25.3. The van der Waals surface area contributed by atoms with Crippen LogP contribution in [-0.2, 0) is 16.0 Å². The molecular formula is C30H37ClN6O4S. The zero-order chi connectivity index (χ0) is 30.4. The molecule has 0 bridgehead atoms. The molecule has 0 saturated heterocycles. The predicted octanol–water partition coefficient (Wildman–Crippen LogP) is 3.57. The lowest BCUT2D eigenvalue weighted by atomic mass is 9.90. The van der Waals surface area contributed by atoms with E-state index >= 15 is 0 Å². The second kappa shape index (κ2) is 14.1. The molecule has 0 aliphatic carbocycles. The summed E-state index contributed by atoms with van der Waals surface area (Å²) in [5, 5.41) is 33.9. The van der Waals surface area contributed by atoms with Gasteiger partial charge in [0.25, 0.3) is 11.8 Å². The van der Waals surface area contributed by atoms with Crippen LogP contribution in [0.1, 0.15) is 55.2 Å². The number of nitrogens with one attached hydrogen (secondary N) is 3. The molecule has 1 aliphatic heterocycles. The van der Waals surface area contributed by atoms with Crippen LogP contribution in [0.5, 0.6) is 0 Å². The van der Waals surface area contributed by atoms with Crippen molar-refractivity contribution >= 4 is 45.6 Å². The standard InChI is InChI=1S/C30H37ClN6O4S/c1-17(2)34-30-36-24(16-42-30)25-23-10-7-21(31)15-20(23)11-14-37(25)29(41)27(39)26(38)28(40)35-18(3)19-5-8-22(9-6-19)33-13-4-12-32/h4-10,13,15-18,25-27,33,38-39H,11-12,14,32H2,1-3H3,(H,34,36)(H,35,40)/b13-4-/t18-,25-,26-,27-/m1/s1. The number of anilines is 2. The van der Waals surface area contributed by atoms with Crippen molar-refractivity contribution in [3.8, 4) is 0 Å². The number of amides is 2. The van der Waals surface area contributed by atoms with Gasteiger partial charge in [0.05, 0.1) is 11.7 Å². The first-order valence-corrected chi connectivity index (χ1v) is 15.0. The van der Waals surface area contributed by atoms with Crippen molar-refractivity contribution in [3.63, 3.8) is 0 Å². The highest BCUT2D eigenvalue weighted by atomic mass is 35.5. The highest BCUT2D eigenvalue weighted by Crippen LogP contribution is 2.38. The van der Waals surface area contributed by atoms with Gasteiger partial charge >= 0.3 is 0 Å². The molecule has 2 amide bonds. The number of carbonyl (C=O) groups is 2. The number of hydrogen-bond acceptors (Lipinski definition) is 9. The first-order chi connectivity index (χ1) is 20.1. The van der Waals surface area contributed by atoms with E-state index in [4.69, 9.17) is 22.3 Å². The summed E-state index contributed by atoms with van der Waals surface area (Å²) in [6.07, 6.45) is 0.0808. The SMILES string of the molecule is CC(C)Nc1nc([C@H]2c3ccc(Cl)cc3CCN2C(=O)[C@H](O)[C@@H](O)C(=O)N[C@H](C)c2ccc(N/C=C\CN)cc2)cs1. The number of nitrogens with two attached hydrogens (primary N) is 1. The molecule has 7 N–H and O–H groups in total. The molecule has 2 aromatic carbocycles. The van der Waals surface area contributed by atoms with Crippen molar-refractivity contribution in [3.05, 3.63) is 87.5 Å². The minimum absolute atomic E-state index is 0.171. The van der Waals surface area contributed by atoms with Gasteiger partial charge in [-0.3, -0.25) is 9.59 Å². The third-order valence-electron chi connectivity index (χ3n) is 6.92. The zero-order valence-electron chi connectivity index (χ0n) is 23.8. The number of nitrogens with zero attached hydrogens (tertiary/aromatic N) is 2. The van der Waals surface area contributed by atoms with Crippen LogP contribution in [-0.4, -0.2) is 63.3 Å². The van der Waals surface area contributed by atoms with Gasteiger partial charge in [0.1, 0.15) is 6.04 Å². The Hall–Kier alpha value is -3.48. The van der Waals surface area contributed by atoms with Crippen LogP contribution in [0.4, 0.5) is 10.8 Å². The number of hydrogen-bond donors (Lipinski definition) is 6. The molecular weight excluding hydrogens is 576 g/mol. The molecule has 42 heavy (non-hydrogen) atoms. The second-order valence-corrected chi connectivity index (χ2v) is 11.7. The van der Waals surface area contributed by atoms with Gasteiger partial charge in [-0.25, -0.2) is 4.98 Å². The van der Waals surface area contributed by atoms with Crippen LogP contribution in [0.2, 0.25) is 5.02 Å². The Balaban J connectivity index is 1.49. The van der Waals surface area contributed by atoms with E-state index in [9.17, 15) is 19.8 Å². The Kier molecular flexibility index (Phi) is 10.6. The highest BCUT2D eigenvalue weighted by Gasteiger charge is 2.40. The Morgan fingerprint density at radius 1 is 1.17 bits per heavy atom. The van der Waals surface area contributed by atoms with E-state index in [-0.39, 0.29) is 12.6 Å². The molecule has 0 unspecified atom stereocenters. The molecule has 224 valence electrons. The number of fused-ring (bicyclic) bond motifs is 1. The summed E-state index contributed by atoms with van der Waals surface area (Å²) in [7, 11) is 0. The van der Waals surface area contributed by atoms with Crippen molar-refractivity contribution < 1.29 is 19.8 Å². The van der Waals surface area contributed by atoms with Gasteiger partial charge in [-0.1, -0.05) is 35.9 Å². The molecule has 3 aromatic rings. The van der Waals surface area contributed by atoms with Crippen molar-refractivity contribution in [2.24, 2.45) is 5.73 Å². The maximum Gasteiger partial charge on any atom is 0.255 e. The summed E-state index contributed by atoms with van der Waals surface area (Å²) >= 11 is 7.66. The van der Waals surface area contributed by atoms with Gasteiger partial charge in [-0.15, -0.1) is 11.3 Å². The Bertz CT molecular complexity index is 1410.